The molecule has 17 heavy (non-hydrogen) atoms. The molecule has 0 aliphatic rings. The van der Waals surface area contributed by atoms with E-state index in [0.717, 1.165) is 30.3 Å². The molecule has 0 amide bonds. The molecule has 0 spiro atoms. The Labute approximate surface area is 101 Å². The molecule has 0 aromatic carbocycles. The van der Waals surface area contributed by atoms with E-state index in [-0.39, 0.29) is 0 Å². The Morgan fingerprint density at radius 3 is 2.59 bits per heavy atom. The SMILES string of the molecule is CCn1cc(C)c(NCc2cc(C)nn2C)n1. The Kier molecular flexibility index (Phi) is 3.17. The number of hydrogen-bond donors (Lipinski definition) is 1. The van der Waals surface area contributed by atoms with Crippen LogP contribution in [0.1, 0.15) is 23.9 Å². The Balaban J connectivity index is 2.06. The second-order valence-electron chi connectivity index (χ2n) is 4.27. The number of rotatable bonds is 4. The fourth-order valence-electron chi connectivity index (χ4n) is 1.86. The highest BCUT2D eigenvalue weighted by atomic mass is 15.3. The molecule has 2 heterocycles. The van der Waals surface area contributed by atoms with E-state index in [9.17, 15) is 0 Å². The molecule has 5 nitrogen and oxygen atoms in total. The van der Waals surface area contributed by atoms with Crippen LogP contribution in [-0.4, -0.2) is 19.6 Å². The van der Waals surface area contributed by atoms with Gasteiger partial charge in [0.15, 0.2) is 5.82 Å². The number of nitrogens with zero attached hydrogens (tertiary/aromatic N) is 4. The summed E-state index contributed by atoms with van der Waals surface area (Å²) in [4.78, 5) is 0. The Bertz CT molecular complexity index is 509. The standard InChI is InChI=1S/C12H19N5/c1-5-17-8-9(2)12(15-17)13-7-11-6-10(3)14-16(11)4/h6,8H,5,7H2,1-4H3,(H,13,15). The van der Waals surface area contributed by atoms with Crippen molar-refractivity contribution in [3.05, 3.63) is 29.2 Å². The summed E-state index contributed by atoms with van der Waals surface area (Å²) >= 11 is 0. The van der Waals surface area contributed by atoms with Crippen LogP contribution in [0.25, 0.3) is 0 Å². The van der Waals surface area contributed by atoms with Crippen LogP contribution in [0.2, 0.25) is 0 Å². The Morgan fingerprint density at radius 1 is 1.29 bits per heavy atom. The molecule has 2 aromatic heterocycles. The zero-order chi connectivity index (χ0) is 12.4. The molecule has 0 radical (unpaired) electrons. The summed E-state index contributed by atoms with van der Waals surface area (Å²) < 4.78 is 3.83. The lowest BCUT2D eigenvalue weighted by atomic mass is 10.3. The monoisotopic (exact) mass is 233 g/mol. The van der Waals surface area contributed by atoms with Gasteiger partial charge in [0.25, 0.3) is 0 Å². The summed E-state index contributed by atoms with van der Waals surface area (Å²) in [5.41, 5.74) is 3.37. The molecule has 92 valence electrons. The summed E-state index contributed by atoms with van der Waals surface area (Å²) in [7, 11) is 1.96. The van der Waals surface area contributed by atoms with E-state index in [4.69, 9.17) is 0 Å². The lowest BCUT2D eigenvalue weighted by Gasteiger charge is -2.04. The minimum Gasteiger partial charge on any atom is -0.363 e. The van der Waals surface area contributed by atoms with Gasteiger partial charge in [-0.25, -0.2) is 0 Å². The lowest BCUT2D eigenvalue weighted by Crippen LogP contribution is -2.06. The second kappa shape index (κ2) is 4.61. The molecule has 5 heteroatoms. The van der Waals surface area contributed by atoms with Crippen molar-refractivity contribution in [2.45, 2.75) is 33.9 Å². The predicted molar refractivity (Wildman–Crippen MR) is 67.9 cm³/mol. The maximum Gasteiger partial charge on any atom is 0.151 e. The molecule has 0 bridgehead atoms. The van der Waals surface area contributed by atoms with Crippen molar-refractivity contribution in [3.8, 4) is 0 Å². The topological polar surface area (TPSA) is 47.7 Å². The van der Waals surface area contributed by atoms with Crippen LogP contribution in [0, 0.1) is 13.8 Å². The average Bonchev–Trinajstić information content (AvgIpc) is 2.79. The number of aryl methyl sites for hydroxylation is 4. The van der Waals surface area contributed by atoms with Crippen LogP contribution in [0.5, 0.6) is 0 Å². The molecule has 2 rings (SSSR count). The summed E-state index contributed by atoms with van der Waals surface area (Å²) in [5, 5.41) is 12.1. The molecule has 2 aromatic rings. The van der Waals surface area contributed by atoms with Gasteiger partial charge in [-0.1, -0.05) is 0 Å². The van der Waals surface area contributed by atoms with E-state index in [1.807, 2.05) is 23.3 Å². The zero-order valence-corrected chi connectivity index (χ0v) is 10.9. The van der Waals surface area contributed by atoms with Crippen LogP contribution >= 0.6 is 0 Å². The van der Waals surface area contributed by atoms with Gasteiger partial charge in [0.2, 0.25) is 0 Å². The number of aromatic nitrogens is 4. The number of hydrogen-bond acceptors (Lipinski definition) is 3. The van der Waals surface area contributed by atoms with Crippen molar-refractivity contribution >= 4 is 5.82 Å². The normalized spacial score (nSPS) is 10.8. The second-order valence-corrected chi connectivity index (χ2v) is 4.27. The van der Waals surface area contributed by atoms with Gasteiger partial charge >= 0.3 is 0 Å². The molecule has 0 atom stereocenters. The maximum absolute atomic E-state index is 4.46. The van der Waals surface area contributed by atoms with Gasteiger partial charge in [-0.3, -0.25) is 9.36 Å². The summed E-state index contributed by atoms with van der Waals surface area (Å²) in [6.45, 7) is 7.80. The van der Waals surface area contributed by atoms with Crippen LogP contribution in [-0.2, 0) is 20.1 Å². The largest absolute Gasteiger partial charge is 0.363 e. The van der Waals surface area contributed by atoms with Gasteiger partial charge in [-0.15, -0.1) is 0 Å². The molecule has 0 unspecified atom stereocenters. The van der Waals surface area contributed by atoms with E-state index in [0.29, 0.717) is 0 Å². The zero-order valence-electron chi connectivity index (χ0n) is 10.9. The highest BCUT2D eigenvalue weighted by Gasteiger charge is 2.06. The third-order valence-electron chi connectivity index (χ3n) is 2.80. The van der Waals surface area contributed by atoms with E-state index in [1.165, 1.54) is 5.56 Å². The number of anilines is 1. The van der Waals surface area contributed by atoms with Gasteiger partial charge in [0, 0.05) is 25.4 Å². The van der Waals surface area contributed by atoms with E-state index in [2.05, 4.69) is 41.6 Å². The van der Waals surface area contributed by atoms with Crippen molar-refractivity contribution in [2.75, 3.05) is 5.32 Å². The van der Waals surface area contributed by atoms with Crippen LogP contribution in [0.15, 0.2) is 12.3 Å². The molecule has 1 N–H and O–H groups in total. The van der Waals surface area contributed by atoms with Gasteiger partial charge in [-0.05, 0) is 26.8 Å². The third-order valence-corrected chi connectivity index (χ3v) is 2.80. The highest BCUT2D eigenvalue weighted by Crippen LogP contribution is 2.13. The molecule has 0 fully saturated rings. The molecule has 0 aliphatic heterocycles. The lowest BCUT2D eigenvalue weighted by molar-refractivity contribution is 0.659. The van der Waals surface area contributed by atoms with E-state index < -0.39 is 0 Å². The van der Waals surface area contributed by atoms with Gasteiger partial charge < -0.3 is 5.32 Å². The van der Waals surface area contributed by atoms with Crippen LogP contribution in [0.4, 0.5) is 5.82 Å². The van der Waals surface area contributed by atoms with Crippen molar-refractivity contribution < 1.29 is 0 Å². The fourth-order valence-corrected chi connectivity index (χ4v) is 1.86. The van der Waals surface area contributed by atoms with E-state index >= 15 is 0 Å². The predicted octanol–water partition coefficient (Wildman–Crippen LogP) is 1.87. The first-order valence-corrected chi connectivity index (χ1v) is 5.87. The smallest absolute Gasteiger partial charge is 0.151 e. The molecule has 0 saturated heterocycles. The summed E-state index contributed by atoms with van der Waals surface area (Å²) in [5.74, 6) is 0.950. The Morgan fingerprint density at radius 2 is 2.06 bits per heavy atom. The Hall–Kier alpha value is -1.78. The highest BCUT2D eigenvalue weighted by molar-refractivity contribution is 5.42. The van der Waals surface area contributed by atoms with Crippen molar-refractivity contribution in [3.63, 3.8) is 0 Å². The van der Waals surface area contributed by atoms with Crippen LogP contribution in [0.3, 0.4) is 0 Å². The molecular weight excluding hydrogens is 214 g/mol. The molecule has 0 saturated carbocycles. The van der Waals surface area contributed by atoms with Gasteiger partial charge in [0.1, 0.15) is 0 Å². The van der Waals surface area contributed by atoms with Crippen LogP contribution < -0.4 is 5.32 Å². The molecular formula is C12H19N5. The third kappa shape index (κ3) is 2.49. The van der Waals surface area contributed by atoms with Crippen molar-refractivity contribution in [1.82, 2.24) is 19.6 Å². The first kappa shape index (κ1) is 11.7. The fraction of sp³-hybridized carbons (Fsp3) is 0.500. The first-order chi connectivity index (χ1) is 8.10. The van der Waals surface area contributed by atoms with Gasteiger partial charge in [0.05, 0.1) is 17.9 Å². The summed E-state index contributed by atoms with van der Waals surface area (Å²) in [6.07, 6.45) is 2.05. The molecule has 0 aliphatic carbocycles. The summed E-state index contributed by atoms with van der Waals surface area (Å²) in [6, 6.07) is 2.08. The minimum atomic E-state index is 0.749. The van der Waals surface area contributed by atoms with Crippen molar-refractivity contribution in [2.24, 2.45) is 7.05 Å². The number of nitrogens with one attached hydrogen (secondary N) is 1. The first-order valence-electron chi connectivity index (χ1n) is 5.87. The maximum atomic E-state index is 4.46. The average molecular weight is 233 g/mol. The van der Waals surface area contributed by atoms with E-state index in [1.54, 1.807) is 0 Å². The quantitative estimate of drug-likeness (QED) is 0.877. The minimum absolute atomic E-state index is 0.749. The van der Waals surface area contributed by atoms with Gasteiger partial charge in [-0.2, -0.15) is 10.2 Å². The van der Waals surface area contributed by atoms with Crippen molar-refractivity contribution in [1.29, 1.82) is 0 Å².